The summed E-state index contributed by atoms with van der Waals surface area (Å²) in [5.41, 5.74) is 0.490. The van der Waals surface area contributed by atoms with Gasteiger partial charge in [0.15, 0.2) is 17.5 Å². The van der Waals surface area contributed by atoms with Gasteiger partial charge in [-0.1, -0.05) is 30.9 Å². The summed E-state index contributed by atoms with van der Waals surface area (Å²) >= 11 is 0. The highest BCUT2D eigenvalue weighted by Gasteiger charge is 2.14. The van der Waals surface area contributed by atoms with Gasteiger partial charge in [0.1, 0.15) is 23.2 Å². The van der Waals surface area contributed by atoms with Crippen LogP contribution in [0.3, 0.4) is 0 Å². The van der Waals surface area contributed by atoms with Crippen molar-refractivity contribution in [2.24, 2.45) is 0 Å². The van der Waals surface area contributed by atoms with E-state index in [0.29, 0.717) is 23.5 Å². The number of aryl methyl sites for hydroxylation is 2. The van der Waals surface area contributed by atoms with E-state index in [-0.39, 0.29) is 29.2 Å². The highest BCUT2D eigenvalue weighted by molar-refractivity contribution is 5.84. The molecule has 0 aliphatic rings. The maximum Gasteiger partial charge on any atom is 0.195 e. The Hall–Kier alpha value is -3.92. The minimum absolute atomic E-state index is 0.0617. The Morgan fingerprint density at radius 2 is 1.44 bits per heavy atom. The fourth-order valence-corrected chi connectivity index (χ4v) is 3.73. The number of hydrogen-bond donors (Lipinski definition) is 0. The van der Waals surface area contributed by atoms with E-state index >= 15 is 0 Å². The summed E-state index contributed by atoms with van der Waals surface area (Å²) in [5, 5.41) is -0.0765. The molecule has 0 aromatic heterocycles. The standard InChI is InChI=1S/C29H20F6O/c1-2-11-36-21-8-7-19(24(30)16-21)6-3-18-13-25(31)23(26(32)14-18)10-5-17-4-9-22-20(12-17)15-27(33)29(35)28(22)34/h4,7-9,12-16H,2-3,6,11H2,1H3. The molecule has 0 spiro atoms. The molecule has 0 unspecified atom stereocenters. The second-order valence-electron chi connectivity index (χ2n) is 8.21. The zero-order valence-corrected chi connectivity index (χ0v) is 19.2. The van der Waals surface area contributed by atoms with Crippen molar-refractivity contribution >= 4 is 10.8 Å². The Morgan fingerprint density at radius 3 is 2.14 bits per heavy atom. The number of rotatable bonds is 6. The number of benzene rings is 4. The molecule has 0 N–H and O–H groups in total. The third-order valence-corrected chi connectivity index (χ3v) is 5.59. The van der Waals surface area contributed by atoms with Crippen LogP contribution in [0.4, 0.5) is 26.3 Å². The van der Waals surface area contributed by atoms with E-state index < -0.39 is 40.5 Å². The van der Waals surface area contributed by atoms with E-state index in [2.05, 4.69) is 11.8 Å². The molecule has 1 nitrogen and oxygen atoms in total. The Morgan fingerprint density at radius 1 is 0.694 bits per heavy atom. The second kappa shape index (κ2) is 10.8. The summed E-state index contributed by atoms with van der Waals surface area (Å²) in [6.45, 7) is 2.42. The molecule has 0 saturated heterocycles. The quantitative estimate of drug-likeness (QED) is 0.151. The summed E-state index contributed by atoms with van der Waals surface area (Å²) in [6.07, 6.45) is 1.23. The van der Waals surface area contributed by atoms with Gasteiger partial charge in [0.2, 0.25) is 0 Å². The lowest BCUT2D eigenvalue weighted by Crippen LogP contribution is -2.00. The highest BCUT2D eigenvalue weighted by Crippen LogP contribution is 2.24. The molecule has 0 saturated carbocycles. The molecule has 0 heterocycles. The number of halogens is 6. The normalized spacial score (nSPS) is 10.9. The summed E-state index contributed by atoms with van der Waals surface area (Å²) in [6, 6.07) is 11.5. The van der Waals surface area contributed by atoms with Crippen LogP contribution in [-0.4, -0.2) is 6.61 Å². The lowest BCUT2D eigenvalue weighted by atomic mass is 10.0. The molecule has 4 rings (SSSR count). The minimum atomic E-state index is -1.58. The lowest BCUT2D eigenvalue weighted by molar-refractivity contribution is 0.315. The third kappa shape index (κ3) is 5.49. The molecular weight excluding hydrogens is 478 g/mol. The molecule has 184 valence electrons. The van der Waals surface area contributed by atoms with Gasteiger partial charge in [0, 0.05) is 17.0 Å². The smallest absolute Gasteiger partial charge is 0.195 e. The van der Waals surface area contributed by atoms with Gasteiger partial charge in [-0.15, -0.1) is 0 Å². The Balaban J connectivity index is 1.51. The number of fused-ring (bicyclic) bond motifs is 1. The molecule has 0 radical (unpaired) electrons. The molecule has 7 heteroatoms. The van der Waals surface area contributed by atoms with Crippen molar-refractivity contribution in [2.75, 3.05) is 6.61 Å². The monoisotopic (exact) mass is 498 g/mol. The van der Waals surface area contributed by atoms with E-state index in [4.69, 9.17) is 4.74 Å². The van der Waals surface area contributed by atoms with Crippen LogP contribution < -0.4 is 4.74 Å². The Bertz CT molecular complexity index is 1480. The molecule has 0 aliphatic heterocycles. The van der Waals surface area contributed by atoms with Gasteiger partial charge < -0.3 is 4.74 Å². The van der Waals surface area contributed by atoms with Gasteiger partial charge in [-0.25, -0.2) is 26.3 Å². The molecular formula is C29H20F6O. The largest absolute Gasteiger partial charge is 0.494 e. The Labute approximate surface area is 204 Å². The van der Waals surface area contributed by atoms with E-state index in [0.717, 1.165) is 24.6 Å². The van der Waals surface area contributed by atoms with Gasteiger partial charge in [-0.05, 0) is 72.2 Å². The van der Waals surface area contributed by atoms with Gasteiger partial charge in [-0.3, -0.25) is 0 Å². The Kier molecular flexibility index (Phi) is 7.54. The average molecular weight is 498 g/mol. The van der Waals surface area contributed by atoms with Crippen LogP contribution in [0, 0.1) is 46.7 Å². The van der Waals surface area contributed by atoms with Crippen LogP contribution in [0.1, 0.15) is 35.6 Å². The highest BCUT2D eigenvalue weighted by atomic mass is 19.2. The SMILES string of the molecule is CCCOc1ccc(CCc2cc(F)c(C#Cc3ccc4c(F)c(F)c(F)cc4c3)c(F)c2)c(F)c1. The molecule has 4 aromatic rings. The zero-order valence-electron chi connectivity index (χ0n) is 19.2. The van der Waals surface area contributed by atoms with Crippen molar-refractivity contribution in [1.82, 2.24) is 0 Å². The fourth-order valence-electron chi connectivity index (χ4n) is 3.73. The van der Waals surface area contributed by atoms with Crippen molar-refractivity contribution in [3.63, 3.8) is 0 Å². The summed E-state index contributed by atoms with van der Waals surface area (Å²) in [7, 11) is 0. The van der Waals surface area contributed by atoms with Gasteiger partial charge in [-0.2, -0.15) is 0 Å². The first-order chi connectivity index (χ1) is 17.3. The molecule has 36 heavy (non-hydrogen) atoms. The van der Waals surface area contributed by atoms with Gasteiger partial charge in [0.05, 0.1) is 12.2 Å². The third-order valence-electron chi connectivity index (χ3n) is 5.59. The number of ether oxygens (including phenoxy) is 1. The fraction of sp³-hybridized carbons (Fsp3) is 0.172. The van der Waals surface area contributed by atoms with Gasteiger partial charge >= 0.3 is 0 Å². The zero-order chi connectivity index (χ0) is 25.8. The maximum atomic E-state index is 14.6. The molecule has 0 bridgehead atoms. The van der Waals surface area contributed by atoms with Crippen molar-refractivity contribution in [1.29, 1.82) is 0 Å². The van der Waals surface area contributed by atoms with Crippen molar-refractivity contribution in [3.05, 3.63) is 112 Å². The predicted molar refractivity (Wildman–Crippen MR) is 126 cm³/mol. The first-order valence-electron chi connectivity index (χ1n) is 11.2. The van der Waals surface area contributed by atoms with Crippen molar-refractivity contribution < 1.29 is 31.1 Å². The van der Waals surface area contributed by atoms with Crippen LogP contribution in [0.25, 0.3) is 10.8 Å². The predicted octanol–water partition coefficient (Wildman–Crippen LogP) is 7.65. The van der Waals surface area contributed by atoms with E-state index in [9.17, 15) is 26.3 Å². The van der Waals surface area contributed by atoms with E-state index in [1.807, 2.05) is 6.92 Å². The molecule has 0 fully saturated rings. The van der Waals surface area contributed by atoms with E-state index in [1.54, 1.807) is 12.1 Å². The van der Waals surface area contributed by atoms with E-state index in [1.165, 1.54) is 24.3 Å². The topological polar surface area (TPSA) is 9.23 Å². The summed E-state index contributed by atoms with van der Waals surface area (Å²) < 4.78 is 89.7. The van der Waals surface area contributed by atoms with Crippen LogP contribution in [0.5, 0.6) is 5.75 Å². The van der Waals surface area contributed by atoms with Crippen LogP contribution in [0.2, 0.25) is 0 Å². The van der Waals surface area contributed by atoms with Crippen molar-refractivity contribution in [3.8, 4) is 17.6 Å². The van der Waals surface area contributed by atoms with Crippen LogP contribution in [-0.2, 0) is 12.8 Å². The summed E-state index contributed by atoms with van der Waals surface area (Å²) in [4.78, 5) is 0. The average Bonchev–Trinajstić information content (AvgIpc) is 2.85. The van der Waals surface area contributed by atoms with Crippen molar-refractivity contribution in [2.45, 2.75) is 26.2 Å². The molecule has 0 amide bonds. The summed E-state index contributed by atoms with van der Waals surface area (Å²) in [5.74, 6) is -1.09. The number of hydrogen-bond acceptors (Lipinski definition) is 1. The molecule has 0 atom stereocenters. The molecule has 4 aromatic carbocycles. The van der Waals surface area contributed by atoms with Crippen LogP contribution >= 0.6 is 0 Å². The first kappa shape index (κ1) is 25.2. The van der Waals surface area contributed by atoms with Crippen LogP contribution in [0.15, 0.2) is 54.6 Å². The first-order valence-corrected chi connectivity index (χ1v) is 11.2. The molecule has 0 aliphatic carbocycles. The maximum absolute atomic E-state index is 14.6. The second-order valence-corrected chi connectivity index (χ2v) is 8.21. The van der Waals surface area contributed by atoms with Gasteiger partial charge in [0.25, 0.3) is 0 Å². The lowest BCUT2D eigenvalue weighted by Gasteiger charge is -2.08. The minimum Gasteiger partial charge on any atom is -0.494 e.